The molecule has 0 spiro atoms. The second-order valence-corrected chi connectivity index (χ2v) is 6.78. The first-order chi connectivity index (χ1) is 12.6. The first kappa shape index (κ1) is 18.4. The number of hydrazine groups is 1. The Morgan fingerprint density at radius 2 is 2.08 bits per heavy atom. The molecule has 3 rings (SSSR count). The molecule has 1 fully saturated rings. The zero-order chi connectivity index (χ0) is 18.5. The van der Waals surface area contributed by atoms with Crippen molar-refractivity contribution < 1.29 is 14.1 Å². The van der Waals surface area contributed by atoms with Crippen LogP contribution in [0.5, 0.6) is 0 Å². The van der Waals surface area contributed by atoms with Gasteiger partial charge in [-0.2, -0.15) is 0 Å². The van der Waals surface area contributed by atoms with Crippen LogP contribution in [-0.4, -0.2) is 45.6 Å². The van der Waals surface area contributed by atoms with Gasteiger partial charge in [-0.3, -0.25) is 19.9 Å². The van der Waals surface area contributed by atoms with Gasteiger partial charge in [0.1, 0.15) is 4.92 Å². The highest BCUT2D eigenvalue weighted by atomic mass is 32.1. The zero-order valence-electron chi connectivity index (χ0n) is 14.5. The number of allylic oxidation sites excluding steroid dienone is 1. The quantitative estimate of drug-likeness (QED) is 0.364. The van der Waals surface area contributed by atoms with E-state index in [-0.39, 0.29) is 5.76 Å². The molecule has 0 unspecified atom stereocenters. The molecule has 1 amide bonds. The summed E-state index contributed by atoms with van der Waals surface area (Å²) in [7, 11) is 0. The Labute approximate surface area is 156 Å². The van der Waals surface area contributed by atoms with E-state index in [1.165, 1.54) is 35.6 Å². The van der Waals surface area contributed by atoms with Crippen molar-refractivity contribution in [3.63, 3.8) is 0 Å². The average Bonchev–Trinajstić information content (AvgIpc) is 3.32. The summed E-state index contributed by atoms with van der Waals surface area (Å²) in [5.41, 5.74) is 1.46. The lowest BCUT2D eigenvalue weighted by Crippen LogP contribution is -2.49. The maximum absolute atomic E-state index is 12.6. The lowest BCUT2D eigenvalue weighted by atomic mass is 9.97. The fourth-order valence-corrected chi connectivity index (χ4v) is 3.55. The summed E-state index contributed by atoms with van der Waals surface area (Å²) in [6, 6.07) is 2.51. The van der Waals surface area contributed by atoms with Gasteiger partial charge in [0.15, 0.2) is 5.11 Å². The highest BCUT2D eigenvalue weighted by Gasteiger charge is 2.32. The Hall–Kier alpha value is -2.42. The van der Waals surface area contributed by atoms with Crippen molar-refractivity contribution in [1.82, 2.24) is 15.3 Å². The molecular formula is C17H22N4O4S. The maximum Gasteiger partial charge on any atom is 0.433 e. The van der Waals surface area contributed by atoms with Gasteiger partial charge in [-0.1, -0.05) is 11.6 Å². The molecule has 1 saturated heterocycles. The summed E-state index contributed by atoms with van der Waals surface area (Å²) < 4.78 is 5.02. The topological polar surface area (TPSA) is 91.9 Å². The summed E-state index contributed by atoms with van der Waals surface area (Å²) in [5, 5.41) is 17.6. The van der Waals surface area contributed by atoms with Crippen LogP contribution in [0.4, 0.5) is 5.88 Å². The summed E-state index contributed by atoms with van der Waals surface area (Å²) in [5.74, 6) is -0.922. The van der Waals surface area contributed by atoms with E-state index in [0.29, 0.717) is 18.2 Å². The molecule has 0 radical (unpaired) electrons. The van der Waals surface area contributed by atoms with E-state index in [2.05, 4.69) is 11.4 Å². The second-order valence-electron chi connectivity index (χ2n) is 6.39. The Balaban J connectivity index is 1.56. The fraction of sp³-hybridized carbons (Fsp3) is 0.529. The van der Waals surface area contributed by atoms with Crippen LogP contribution in [0.3, 0.4) is 0 Å². The van der Waals surface area contributed by atoms with Crippen molar-refractivity contribution in [3.8, 4) is 0 Å². The molecule has 9 heteroatoms. The van der Waals surface area contributed by atoms with E-state index in [0.717, 1.165) is 32.2 Å². The van der Waals surface area contributed by atoms with Gasteiger partial charge >= 0.3 is 11.8 Å². The first-order valence-electron chi connectivity index (χ1n) is 8.85. The van der Waals surface area contributed by atoms with Gasteiger partial charge in [0, 0.05) is 19.6 Å². The molecular weight excluding hydrogens is 356 g/mol. The second kappa shape index (κ2) is 8.31. The van der Waals surface area contributed by atoms with Gasteiger partial charge in [-0.05, 0) is 56.8 Å². The van der Waals surface area contributed by atoms with Gasteiger partial charge in [0.25, 0.3) is 0 Å². The normalized spacial score (nSPS) is 17.2. The SMILES string of the molecule is O=C(c1ccc([N+](=O)[O-])o1)N1CCCN1C(=S)NCCC1=CCCCC1. The van der Waals surface area contributed by atoms with Crippen molar-refractivity contribution >= 4 is 29.1 Å². The lowest BCUT2D eigenvalue weighted by molar-refractivity contribution is -0.402. The molecule has 8 nitrogen and oxygen atoms in total. The number of amides is 1. The predicted octanol–water partition coefficient (Wildman–Crippen LogP) is 3.02. The highest BCUT2D eigenvalue weighted by molar-refractivity contribution is 7.80. The Kier molecular flexibility index (Phi) is 5.87. The van der Waals surface area contributed by atoms with E-state index >= 15 is 0 Å². The van der Waals surface area contributed by atoms with Gasteiger partial charge in [0.2, 0.25) is 5.76 Å². The van der Waals surface area contributed by atoms with E-state index in [1.807, 2.05) is 0 Å². The summed E-state index contributed by atoms with van der Waals surface area (Å²) in [4.78, 5) is 22.6. The molecule has 1 aromatic rings. The highest BCUT2D eigenvalue weighted by Crippen LogP contribution is 2.21. The standard InChI is InChI=1S/C17H22N4O4S/c22-16(14-7-8-15(25-14)21(23)24)19-11-4-12-20(19)17(26)18-10-9-13-5-2-1-3-6-13/h5,7-8H,1-4,6,9-12H2,(H,18,26). The van der Waals surface area contributed by atoms with E-state index in [4.69, 9.17) is 16.6 Å². The molecule has 0 saturated carbocycles. The molecule has 1 aliphatic heterocycles. The molecule has 0 atom stereocenters. The lowest BCUT2D eigenvalue weighted by Gasteiger charge is -2.29. The van der Waals surface area contributed by atoms with Crippen LogP contribution in [-0.2, 0) is 0 Å². The monoisotopic (exact) mass is 378 g/mol. The molecule has 1 N–H and O–H groups in total. The van der Waals surface area contributed by atoms with Crippen LogP contribution in [0.2, 0.25) is 0 Å². The number of rotatable bonds is 5. The number of nitro groups is 1. The minimum absolute atomic E-state index is 0.0567. The summed E-state index contributed by atoms with van der Waals surface area (Å²) in [6.07, 6.45) is 8.87. The molecule has 0 bridgehead atoms. The van der Waals surface area contributed by atoms with Gasteiger partial charge < -0.3 is 9.73 Å². The van der Waals surface area contributed by atoms with Crippen molar-refractivity contribution in [1.29, 1.82) is 0 Å². The number of carbonyl (C=O) groups is 1. The summed E-state index contributed by atoms with van der Waals surface area (Å²) >= 11 is 5.44. The van der Waals surface area contributed by atoms with Crippen molar-refractivity contribution in [3.05, 3.63) is 39.7 Å². The molecule has 2 heterocycles. The van der Waals surface area contributed by atoms with Crippen LogP contribution in [0.1, 0.15) is 49.1 Å². The average molecular weight is 378 g/mol. The number of carbonyl (C=O) groups excluding carboxylic acids is 1. The van der Waals surface area contributed by atoms with Crippen LogP contribution in [0.15, 0.2) is 28.2 Å². The minimum Gasteiger partial charge on any atom is -0.395 e. The molecule has 26 heavy (non-hydrogen) atoms. The van der Waals surface area contributed by atoms with E-state index in [1.54, 1.807) is 5.01 Å². The van der Waals surface area contributed by atoms with Crippen molar-refractivity contribution in [2.45, 2.75) is 38.5 Å². The third-order valence-electron chi connectivity index (χ3n) is 4.59. The third-order valence-corrected chi connectivity index (χ3v) is 4.95. The van der Waals surface area contributed by atoms with Crippen LogP contribution in [0, 0.1) is 10.1 Å². The Bertz CT molecular complexity index is 730. The first-order valence-corrected chi connectivity index (χ1v) is 9.26. The van der Waals surface area contributed by atoms with Crippen LogP contribution >= 0.6 is 12.2 Å². The predicted molar refractivity (Wildman–Crippen MR) is 99.5 cm³/mol. The summed E-state index contributed by atoms with van der Waals surface area (Å²) in [6.45, 7) is 1.86. The van der Waals surface area contributed by atoms with Crippen LogP contribution in [0.25, 0.3) is 0 Å². The number of nitrogens with zero attached hydrogens (tertiary/aromatic N) is 3. The van der Waals surface area contributed by atoms with Crippen LogP contribution < -0.4 is 5.32 Å². The van der Waals surface area contributed by atoms with E-state index in [9.17, 15) is 14.9 Å². The number of furan rings is 1. The number of thiocarbonyl (C=S) groups is 1. The minimum atomic E-state index is -0.662. The molecule has 2 aliphatic rings. The number of hydrogen-bond acceptors (Lipinski definition) is 5. The van der Waals surface area contributed by atoms with E-state index < -0.39 is 16.7 Å². The largest absolute Gasteiger partial charge is 0.433 e. The molecule has 1 aromatic heterocycles. The van der Waals surface area contributed by atoms with Crippen molar-refractivity contribution in [2.24, 2.45) is 0 Å². The number of hydrogen-bond donors (Lipinski definition) is 1. The Morgan fingerprint density at radius 3 is 2.77 bits per heavy atom. The zero-order valence-corrected chi connectivity index (χ0v) is 15.3. The van der Waals surface area contributed by atoms with Gasteiger partial charge in [-0.25, -0.2) is 5.01 Å². The molecule has 0 aromatic carbocycles. The van der Waals surface area contributed by atoms with Crippen molar-refractivity contribution in [2.75, 3.05) is 19.6 Å². The molecule has 1 aliphatic carbocycles. The maximum atomic E-state index is 12.6. The third kappa shape index (κ3) is 4.21. The van der Waals surface area contributed by atoms with Gasteiger partial charge in [-0.15, -0.1) is 0 Å². The number of nitrogens with one attached hydrogen (secondary N) is 1. The molecule has 140 valence electrons. The van der Waals surface area contributed by atoms with Gasteiger partial charge in [0.05, 0.1) is 6.07 Å². The smallest absolute Gasteiger partial charge is 0.395 e. The Morgan fingerprint density at radius 1 is 1.27 bits per heavy atom. The fourth-order valence-electron chi connectivity index (χ4n) is 3.25.